The first-order valence-corrected chi connectivity index (χ1v) is 14.6. The SMILES string of the molecule is CC(C)(C)OC(=O)N1CCN(c2ccc(-c3cnc(N)c(C(=O)O[C@@H](C(=O)Nc4ccc(F)cc4)c4ccccc4)n3)cn2)CC1. The zero-order chi connectivity index (χ0) is 32.8. The molecule has 0 unspecified atom stereocenters. The highest BCUT2D eigenvalue weighted by Gasteiger charge is 2.29. The molecular formula is C33H34FN7O5. The van der Waals surface area contributed by atoms with E-state index in [1.807, 2.05) is 26.8 Å². The summed E-state index contributed by atoms with van der Waals surface area (Å²) in [6.45, 7) is 7.67. The predicted molar refractivity (Wildman–Crippen MR) is 169 cm³/mol. The Kier molecular flexibility index (Phi) is 9.40. The molecule has 13 heteroatoms. The number of esters is 1. The number of benzene rings is 2. The van der Waals surface area contributed by atoms with E-state index in [0.717, 1.165) is 0 Å². The van der Waals surface area contributed by atoms with E-state index < -0.39 is 29.4 Å². The van der Waals surface area contributed by atoms with Crippen molar-refractivity contribution >= 4 is 35.3 Å². The van der Waals surface area contributed by atoms with Crippen LogP contribution in [0, 0.1) is 5.82 Å². The van der Waals surface area contributed by atoms with Crippen molar-refractivity contribution in [1.29, 1.82) is 0 Å². The summed E-state index contributed by atoms with van der Waals surface area (Å²) >= 11 is 0. The molecule has 0 radical (unpaired) electrons. The fourth-order valence-electron chi connectivity index (χ4n) is 4.66. The molecule has 1 aliphatic rings. The Labute approximate surface area is 265 Å². The monoisotopic (exact) mass is 627 g/mol. The minimum absolute atomic E-state index is 0.174. The number of hydrogen-bond donors (Lipinski definition) is 2. The second-order valence-electron chi connectivity index (χ2n) is 11.5. The van der Waals surface area contributed by atoms with Gasteiger partial charge in [0.2, 0.25) is 6.10 Å². The topological polar surface area (TPSA) is 153 Å². The minimum Gasteiger partial charge on any atom is -0.444 e. The standard InChI is InChI=1S/C33H34FN7O5/c1-33(2,3)46-32(44)41-17-15-40(16-18-41)26-14-9-22(19-36-26)25-20-37-29(35)27(39-25)31(43)45-28(21-7-5-4-6-8-21)30(42)38-24-12-10-23(34)11-13-24/h4-14,19-20,28H,15-18H2,1-3H3,(H2,35,37)(H,38,42)/t28-/m1/s1. The van der Waals surface area contributed by atoms with Gasteiger partial charge >= 0.3 is 12.1 Å². The number of nitrogens with two attached hydrogens (primary N) is 1. The number of carbonyl (C=O) groups is 3. The Bertz CT molecular complexity index is 1690. The summed E-state index contributed by atoms with van der Waals surface area (Å²) in [5.41, 5.74) is 6.82. The maximum Gasteiger partial charge on any atom is 0.410 e. The molecule has 46 heavy (non-hydrogen) atoms. The maximum atomic E-state index is 13.4. The first-order valence-electron chi connectivity index (χ1n) is 14.6. The summed E-state index contributed by atoms with van der Waals surface area (Å²) in [6.07, 6.45) is 1.32. The molecule has 1 fully saturated rings. The number of aromatic nitrogens is 3. The molecule has 0 spiro atoms. The number of hydrogen-bond acceptors (Lipinski definition) is 10. The average Bonchev–Trinajstić information content (AvgIpc) is 3.04. The summed E-state index contributed by atoms with van der Waals surface area (Å²) in [4.78, 5) is 55.8. The van der Waals surface area contributed by atoms with E-state index >= 15 is 0 Å². The maximum absolute atomic E-state index is 13.4. The number of nitrogen functional groups attached to an aromatic ring is 1. The normalized spacial score (nSPS) is 13.9. The first-order chi connectivity index (χ1) is 22.0. The van der Waals surface area contributed by atoms with E-state index in [1.54, 1.807) is 47.5 Å². The highest BCUT2D eigenvalue weighted by Crippen LogP contribution is 2.25. The largest absolute Gasteiger partial charge is 0.444 e. The summed E-state index contributed by atoms with van der Waals surface area (Å²) in [5.74, 6) is -1.52. The molecule has 3 heterocycles. The summed E-state index contributed by atoms with van der Waals surface area (Å²) < 4.78 is 24.5. The lowest BCUT2D eigenvalue weighted by atomic mass is 10.1. The van der Waals surface area contributed by atoms with E-state index in [0.29, 0.717) is 54.5 Å². The van der Waals surface area contributed by atoms with Gasteiger partial charge in [-0.2, -0.15) is 0 Å². The third kappa shape index (κ3) is 7.92. The number of amides is 2. The van der Waals surface area contributed by atoms with E-state index in [1.165, 1.54) is 30.5 Å². The lowest BCUT2D eigenvalue weighted by Crippen LogP contribution is -2.50. The Hall–Kier alpha value is -5.59. The van der Waals surface area contributed by atoms with Crippen molar-refractivity contribution in [1.82, 2.24) is 19.9 Å². The van der Waals surface area contributed by atoms with Crippen LogP contribution in [0.5, 0.6) is 0 Å². The summed E-state index contributed by atoms with van der Waals surface area (Å²) in [6, 6.07) is 17.2. The molecule has 0 bridgehead atoms. The number of nitrogens with zero attached hydrogens (tertiary/aromatic N) is 5. The zero-order valence-corrected chi connectivity index (χ0v) is 25.6. The average molecular weight is 628 g/mol. The summed E-state index contributed by atoms with van der Waals surface area (Å²) in [5, 5.41) is 2.64. The van der Waals surface area contributed by atoms with Crippen LogP contribution >= 0.6 is 0 Å². The van der Waals surface area contributed by atoms with Gasteiger partial charge in [-0.05, 0) is 57.2 Å². The molecule has 0 saturated carbocycles. The van der Waals surface area contributed by atoms with Gasteiger partial charge in [-0.3, -0.25) is 4.79 Å². The van der Waals surface area contributed by atoms with E-state index in [2.05, 4.69) is 25.2 Å². The Morgan fingerprint density at radius 2 is 1.61 bits per heavy atom. The number of rotatable bonds is 7. The van der Waals surface area contributed by atoms with Crippen LogP contribution in [0.3, 0.4) is 0 Å². The number of piperazine rings is 1. The van der Waals surface area contributed by atoms with E-state index in [-0.39, 0.29) is 17.6 Å². The second kappa shape index (κ2) is 13.6. The lowest BCUT2D eigenvalue weighted by molar-refractivity contribution is -0.125. The predicted octanol–water partition coefficient (Wildman–Crippen LogP) is 4.85. The number of halogens is 1. The van der Waals surface area contributed by atoms with Gasteiger partial charge in [0.15, 0.2) is 11.5 Å². The van der Waals surface area contributed by atoms with Crippen LogP contribution in [0.4, 0.5) is 26.5 Å². The molecule has 4 aromatic rings. The molecule has 2 aromatic heterocycles. The molecule has 1 saturated heterocycles. The second-order valence-corrected chi connectivity index (χ2v) is 11.5. The van der Waals surface area contributed by atoms with Crippen molar-refractivity contribution < 1.29 is 28.2 Å². The molecule has 2 amide bonds. The van der Waals surface area contributed by atoms with Crippen LogP contribution in [-0.4, -0.2) is 69.6 Å². The number of carbonyl (C=O) groups excluding carboxylic acids is 3. The Morgan fingerprint density at radius 1 is 0.913 bits per heavy atom. The quantitative estimate of drug-likeness (QED) is 0.272. The first kappa shape index (κ1) is 31.8. The third-order valence-corrected chi connectivity index (χ3v) is 6.97. The highest BCUT2D eigenvalue weighted by atomic mass is 19.1. The van der Waals surface area contributed by atoms with Crippen LogP contribution in [0.2, 0.25) is 0 Å². The van der Waals surface area contributed by atoms with Crippen molar-refractivity contribution in [2.75, 3.05) is 42.1 Å². The molecule has 0 aliphatic carbocycles. The molecule has 1 aliphatic heterocycles. The van der Waals surface area contributed by atoms with Gasteiger partial charge in [-0.15, -0.1) is 0 Å². The van der Waals surface area contributed by atoms with Gasteiger partial charge in [0.25, 0.3) is 5.91 Å². The Morgan fingerprint density at radius 3 is 2.24 bits per heavy atom. The fraction of sp³-hybridized carbons (Fsp3) is 0.273. The van der Waals surface area contributed by atoms with Crippen LogP contribution < -0.4 is 16.0 Å². The lowest BCUT2D eigenvalue weighted by Gasteiger charge is -2.36. The van der Waals surface area contributed by atoms with Crippen LogP contribution in [0.25, 0.3) is 11.3 Å². The molecule has 238 valence electrons. The van der Waals surface area contributed by atoms with Crippen molar-refractivity contribution in [2.45, 2.75) is 32.5 Å². The summed E-state index contributed by atoms with van der Waals surface area (Å²) in [7, 11) is 0. The molecule has 3 N–H and O–H groups in total. The Balaban J connectivity index is 1.28. The van der Waals surface area contributed by atoms with E-state index in [4.69, 9.17) is 15.2 Å². The highest BCUT2D eigenvalue weighted by molar-refractivity contribution is 5.99. The van der Waals surface area contributed by atoms with Crippen molar-refractivity contribution in [2.24, 2.45) is 0 Å². The van der Waals surface area contributed by atoms with Crippen molar-refractivity contribution in [3.05, 3.63) is 96.2 Å². The third-order valence-electron chi connectivity index (χ3n) is 6.97. The number of nitrogens with one attached hydrogen (secondary N) is 1. The molecule has 5 rings (SSSR count). The molecular weight excluding hydrogens is 593 g/mol. The van der Waals surface area contributed by atoms with Crippen LogP contribution in [-0.2, 0) is 14.3 Å². The van der Waals surface area contributed by atoms with Crippen molar-refractivity contribution in [3.63, 3.8) is 0 Å². The fourth-order valence-corrected chi connectivity index (χ4v) is 4.66. The van der Waals surface area contributed by atoms with Gasteiger partial charge in [-0.25, -0.2) is 28.9 Å². The van der Waals surface area contributed by atoms with Gasteiger partial charge < -0.3 is 30.3 Å². The minimum atomic E-state index is -1.36. The number of ether oxygens (including phenoxy) is 2. The molecule has 2 aromatic carbocycles. The van der Waals surface area contributed by atoms with Gasteiger partial charge in [0, 0.05) is 49.2 Å². The van der Waals surface area contributed by atoms with Gasteiger partial charge in [0.1, 0.15) is 17.2 Å². The van der Waals surface area contributed by atoms with E-state index in [9.17, 15) is 18.8 Å². The zero-order valence-electron chi connectivity index (χ0n) is 25.6. The van der Waals surface area contributed by atoms with Gasteiger partial charge in [0.05, 0.1) is 11.9 Å². The van der Waals surface area contributed by atoms with Gasteiger partial charge in [-0.1, -0.05) is 30.3 Å². The van der Waals surface area contributed by atoms with Crippen LogP contribution in [0.1, 0.15) is 42.9 Å². The van der Waals surface area contributed by atoms with Crippen LogP contribution in [0.15, 0.2) is 79.1 Å². The molecule has 1 atom stereocenters. The number of pyridine rings is 1. The smallest absolute Gasteiger partial charge is 0.410 e. The molecule has 12 nitrogen and oxygen atoms in total. The number of anilines is 3. The van der Waals surface area contributed by atoms with Crippen molar-refractivity contribution in [3.8, 4) is 11.3 Å².